The predicted octanol–water partition coefficient (Wildman–Crippen LogP) is 1.59. The molecule has 0 saturated carbocycles. The first-order valence-electron chi connectivity index (χ1n) is 4.96. The summed E-state index contributed by atoms with van der Waals surface area (Å²) in [7, 11) is 1.93. The van der Waals surface area contributed by atoms with Gasteiger partial charge in [-0.15, -0.1) is 0 Å². The van der Waals surface area contributed by atoms with Crippen molar-refractivity contribution in [2.75, 3.05) is 7.05 Å². The zero-order chi connectivity index (χ0) is 11.1. The van der Waals surface area contributed by atoms with Crippen molar-refractivity contribution in [3.05, 3.63) is 24.2 Å². The quantitative estimate of drug-likeness (QED) is 0.694. The molecule has 0 radical (unpaired) electrons. The summed E-state index contributed by atoms with van der Waals surface area (Å²) in [6.07, 6.45) is 1.98. The highest BCUT2D eigenvalue weighted by Gasteiger charge is 2.46. The topological polar surface area (TPSA) is 42.7 Å². The minimum Gasteiger partial charge on any atom is -0.468 e. The minimum absolute atomic E-state index is 0.132. The largest absolute Gasteiger partial charge is 0.468 e. The van der Waals surface area contributed by atoms with Crippen molar-refractivity contribution >= 4 is 6.29 Å². The zero-order valence-electron chi connectivity index (χ0n) is 9.14. The van der Waals surface area contributed by atoms with Crippen LogP contribution in [-0.4, -0.2) is 30.1 Å². The molecule has 0 spiro atoms. The number of rotatable bonds is 2. The third-order valence-electron chi connectivity index (χ3n) is 2.97. The summed E-state index contributed by atoms with van der Waals surface area (Å²) in [6.45, 7) is 3.87. The van der Waals surface area contributed by atoms with E-state index in [-0.39, 0.29) is 6.04 Å². The Morgan fingerprint density at radius 2 is 2.27 bits per heavy atom. The van der Waals surface area contributed by atoms with Crippen molar-refractivity contribution in [1.29, 1.82) is 0 Å². The molecule has 0 aliphatic carbocycles. The first-order valence-corrected chi connectivity index (χ1v) is 4.96. The van der Waals surface area contributed by atoms with Crippen molar-refractivity contribution in [3.63, 3.8) is 0 Å². The molecule has 0 bridgehead atoms. The van der Waals surface area contributed by atoms with Gasteiger partial charge in [-0.05, 0) is 33.0 Å². The van der Waals surface area contributed by atoms with Gasteiger partial charge in [0.25, 0.3) is 0 Å². The molecule has 0 aromatic carbocycles. The Kier molecular flexibility index (Phi) is 2.40. The van der Waals surface area contributed by atoms with Crippen LogP contribution in [0.15, 0.2) is 22.8 Å². The number of nitrogens with zero attached hydrogens (tertiary/aromatic N) is 1. The van der Waals surface area contributed by atoms with Crippen molar-refractivity contribution in [2.45, 2.75) is 31.7 Å². The van der Waals surface area contributed by atoms with Crippen molar-refractivity contribution in [2.24, 2.45) is 0 Å². The van der Waals surface area contributed by atoms with Crippen LogP contribution in [0.1, 0.15) is 25.6 Å². The predicted molar refractivity (Wildman–Crippen MR) is 54.2 cm³/mol. The molecule has 1 aromatic rings. The highest BCUT2D eigenvalue weighted by atomic mass is 16.5. The van der Waals surface area contributed by atoms with Crippen LogP contribution in [0.4, 0.5) is 0 Å². The second kappa shape index (κ2) is 3.47. The van der Waals surface area contributed by atoms with Crippen LogP contribution in [0, 0.1) is 0 Å². The lowest BCUT2D eigenvalue weighted by Crippen LogP contribution is -2.37. The molecule has 2 rings (SSSR count). The third kappa shape index (κ3) is 1.60. The Hall–Kier alpha value is -1.13. The van der Waals surface area contributed by atoms with Crippen LogP contribution in [0.5, 0.6) is 0 Å². The van der Waals surface area contributed by atoms with E-state index in [9.17, 15) is 4.79 Å². The van der Waals surface area contributed by atoms with Crippen molar-refractivity contribution in [3.8, 4) is 0 Å². The van der Waals surface area contributed by atoms with Gasteiger partial charge in [-0.25, -0.2) is 0 Å². The van der Waals surface area contributed by atoms with Gasteiger partial charge in [-0.2, -0.15) is 0 Å². The first kappa shape index (κ1) is 10.4. The van der Waals surface area contributed by atoms with Gasteiger partial charge in [0.2, 0.25) is 0 Å². The molecular formula is C11H15NO3. The van der Waals surface area contributed by atoms with E-state index in [1.807, 2.05) is 37.9 Å². The van der Waals surface area contributed by atoms with E-state index in [2.05, 4.69) is 0 Å². The maximum absolute atomic E-state index is 11.0. The van der Waals surface area contributed by atoms with Crippen molar-refractivity contribution < 1.29 is 13.9 Å². The van der Waals surface area contributed by atoms with E-state index in [1.165, 1.54) is 0 Å². The molecule has 4 heteroatoms. The minimum atomic E-state index is -0.462. The standard InChI is InChI=1S/C11H15NO3/c1-11(2)12(3)10(9(7-13)15-11)8-5-4-6-14-8/h4-7,9-10H,1-3H3. The van der Waals surface area contributed by atoms with Gasteiger partial charge in [-0.3, -0.25) is 4.90 Å². The van der Waals surface area contributed by atoms with Crippen LogP contribution in [0.2, 0.25) is 0 Å². The fourth-order valence-electron chi connectivity index (χ4n) is 1.95. The van der Waals surface area contributed by atoms with E-state index in [4.69, 9.17) is 9.15 Å². The van der Waals surface area contributed by atoms with Crippen LogP contribution in [0.3, 0.4) is 0 Å². The summed E-state index contributed by atoms with van der Waals surface area (Å²) in [5.74, 6) is 0.764. The SMILES string of the molecule is CN1C(c2ccco2)C(C=O)OC1(C)C. The molecule has 1 aliphatic heterocycles. The Labute approximate surface area is 88.8 Å². The highest BCUT2D eigenvalue weighted by molar-refractivity contribution is 5.58. The maximum atomic E-state index is 11.0. The summed E-state index contributed by atoms with van der Waals surface area (Å²) < 4.78 is 11.0. The lowest BCUT2D eigenvalue weighted by atomic mass is 10.1. The first-order chi connectivity index (χ1) is 7.06. The average Bonchev–Trinajstić information content (AvgIpc) is 2.75. The maximum Gasteiger partial charge on any atom is 0.150 e. The number of ether oxygens (including phenoxy) is 1. The second-order valence-corrected chi connectivity index (χ2v) is 4.24. The van der Waals surface area contributed by atoms with E-state index >= 15 is 0 Å². The lowest BCUT2D eigenvalue weighted by molar-refractivity contribution is -0.123. The second-order valence-electron chi connectivity index (χ2n) is 4.24. The fraction of sp³-hybridized carbons (Fsp3) is 0.545. The number of hydrogen-bond donors (Lipinski definition) is 0. The molecule has 1 saturated heterocycles. The number of aldehydes is 1. The zero-order valence-corrected chi connectivity index (χ0v) is 9.14. The van der Waals surface area contributed by atoms with Gasteiger partial charge in [0.15, 0.2) is 6.29 Å². The Morgan fingerprint density at radius 3 is 2.80 bits per heavy atom. The van der Waals surface area contributed by atoms with E-state index in [1.54, 1.807) is 6.26 Å². The number of hydrogen-bond acceptors (Lipinski definition) is 4. The molecular weight excluding hydrogens is 194 g/mol. The molecule has 0 N–H and O–H groups in total. The Balaban J connectivity index is 2.33. The average molecular weight is 209 g/mol. The van der Waals surface area contributed by atoms with Gasteiger partial charge >= 0.3 is 0 Å². The summed E-state index contributed by atoms with van der Waals surface area (Å²) >= 11 is 0. The molecule has 4 nitrogen and oxygen atoms in total. The molecule has 0 amide bonds. The summed E-state index contributed by atoms with van der Waals surface area (Å²) in [4.78, 5) is 13.0. The van der Waals surface area contributed by atoms with Crippen LogP contribution in [-0.2, 0) is 9.53 Å². The molecule has 2 unspecified atom stereocenters. The smallest absolute Gasteiger partial charge is 0.150 e. The van der Waals surface area contributed by atoms with Gasteiger partial charge in [0, 0.05) is 0 Å². The molecule has 1 fully saturated rings. The van der Waals surface area contributed by atoms with Gasteiger partial charge in [0.1, 0.15) is 23.6 Å². The summed E-state index contributed by atoms with van der Waals surface area (Å²) in [6, 6.07) is 3.55. The molecule has 2 atom stereocenters. The van der Waals surface area contributed by atoms with Crippen LogP contribution >= 0.6 is 0 Å². The van der Waals surface area contributed by atoms with Gasteiger partial charge in [-0.1, -0.05) is 0 Å². The highest BCUT2D eigenvalue weighted by Crippen LogP contribution is 2.39. The molecule has 82 valence electrons. The molecule has 1 aliphatic rings. The fourth-order valence-corrected chi connectivity index (χ4v) is 1.95. The van der Waals surface area contributed by atoms with E-state index in [0.29, 0.717) is 0 Å². The van der Waals surface area contributed by atoms with Crippen LogP contribution in [0.25, 0.3) is 0 Å². The molecule has 2 heterocycles. The molecule has 1 aromatic heterocycles. The summed E-state index contributed by atoms with van der Waals surface area (Å²) in [5, 5.41) is 0. The Morgan fingerprint density at radius 1 is 1.53 bits per heavy atom. The number of likely N-dealkylation sites (N-methyl/N-ethyl adjacent to an activating group) is 1. The number of carbonyl (C=O) groups is 1. The number of furan rings is 1. The third-order valence-corrected chi connectivity index (χ3v) is 2.97. The normalized spacial score (nSPS) is 30.6. The number of carbonyl (C=O) groups excluding carboxylic acids is 1. The summed E-state index contributed by atoms with van der Waals surface area (Å²) in [5.41, 5.74) is -0.441. The van der Waals surface area contributed by atoms with Gasteiger partial charge in [0.05, 0.1) is 6.26 Å². The molecule has 15 heavy (non-hydrogen) atoms. The van der Waals surface area contributed by atoms with E-state index < -0.39 is 11.8 Å². The van der Waals surface area contributed by atoms with Crippen LogP contribution < -0.4 is 0 Å². The monoisotopic (exact) mass is 209 g/mol. The Bertz CT molecular complexity index is 345. The van der Waals surface area contributed by atoms with E-state index in [0.717, 1.165) is 12.0 Å². The van der Waals surface area contributed by atoms with Crippen molar-refractivity contribution in [1.82, 2.24) is 4.90 Å². The lowest BCUT2D eigenvalue weighted by Gasteiger charge is -2.28. The van der Waals surface area contributed by atoms with Gasteiger partial charge < -0.3 is 13.9 Å².